The van der Waals surface area contributed by atoms with Crippen molar-refractivity contribution in [3.8, 4) is 0 Å². The van der Waals surface area contributed by atoms with Gasteiger partial charge in [0.1, 0.15) is 20.2 Å². The van der Waals surface area contributed by atoms with Gasteiger partial charge in [-0.2, -0.15) is 0 Å². The van der Waals surface area contributed by atoms with E-state index < -0.39 is 30.0 Å². The smallest absolute Gasteiger partial charge is 0.744 e. The van der Waals surface area contributed by atoms with Crippen LogP contribution >= 0.6 is 0 Å². The molecule has 188 valence electrons. The Hall–Kier alpha value is -2.73. The van der Waals surface area contributed by atoms with Crippen LogP contribution in [0.4, 0.5) is 0 Å². The van der Waals surface area contributed by atoms with Crippen LogP contribution in [0, 0.1) is 0 Å². The molecule has 0 spiro atoms. The summed E-state index contributed by atoms with van der Waals surface area (Å²) in [5, 5.41) is -0.158. The summed E-state index contributed by atoms with van der Waals surface area (Å²) >= 11 is 0. The maximum absolute atomic E-state index is 11.0. The molecular weight excluding hydrogens is 531 g/mol. The molecule has 0 saturated heterocycles. The third kappa shape index (κ3) is 11.6. The molecule has 0 amide bonds. The number of benzene rings is 2. The molecule has 17 heteroatoms. The first-order valence-electron chi connectivity index (χ1n) is 7.50. The maximum atomic E-state index is 11.0. The van der Waals surface area contributed by atoms with Crippen LogP contribution in [0.25, 0.3) is 10.8 Å². The van der Waals surface area contributed by atoms with Crippen LogP contribution in [0.2, 0.25) is 0 Å². The second kappa shape index (κ2) is 16.8. The van der Waals surface area contributed by atoms with Gasteiger partial charge in [0, 0.05) is 35.6 Å². The number of aromatic amines is 2. The fraction of sp³-hybridized carbons (Fsp3) is 0. The second-order valence-electron chi connectivity index (χ2n) is 5.04. The van der Waals surface area contributed by atoms with E-state index in [2.05, 4.69) is 19.9 Å². The predicted molar refractivity (Wildman–Crippen MR) is 117 cm³/mol. The minimum absolute atomic E-state index is 0. The molecule has 4 rings (SSSR count). The van der Waals surface area contributed by atoms with Crippen molar-refractivity contribution in [1.29, 1.82) is 0 Å². The molecule has 33 heavy (non-hydrogen) atoms. The van der Waals surface area contributed by atoms with Crippen LogP contribution in [-0.2, 0) is 58.6 Å². The molecular formula is C16H26N4NiO10S2+4. The average molecular weight is 557 g/mol. The molecule has 0 bridgehead atoms. The summed E-state index contributed by atoms with van der Waals surface area (Å²) in [6, 6.07) is 7.09. The molecule has 0 aliphatic carbocycles. The van der Waals surface area contributed by atoms with E-state index in [1.807, 2.05) is 0 Å². The Balaban J connectivity index is -0.000000235. The molecule has 0 saturated carbocycles. The zero-order valence-electron chi connectivity index (χ0n) is 16.7. The Kier molecular flexibility index (Phi) is 19.2. The summed E-state index contributed by atoms with van der Waals surface area (Å²) in [6.07, 6.45) is 10.2. The molecule has 0 unspecified atom stereocenters. The quantitative estimate of drug-likeness (QED) is 0.154. The number of nitrogens with zero attached hydrogens (tertiary/aromatic N) is 2. The first-order chi connectivity index (χ1) is 13.2. The number of H-pyrrole nitrogens is 2. The predicted octanol–water partition coefficient (Wildman–Crippen LogP) is -2.22. The zero-order chi connectivity index (χ0) is 20.6. The Morgan fingerprint density at radius 2 is 0.970 bits per heavy atom. The van der Waals surface area contributed by atoms with Crippen molar-refractivity contribution in [2.24, 2.45) is 0 Å². The van der Waals surface area contributed by atoms with Gasteiger partial charge in [-0.05, 0) is 12.1 Å². The standard InChI is InChI=1S/C10H8O6S2.2C3H4N2.Ni.4H2O/c11-17(12,13)9-5-1-3-7-8(9)4-2-6-10(7)18(14,15)16;2*1-2-5-3-4-1;;;;;/h1-6H,(H,11,12,13)(H,14,15,16);2*1-3H,(H,4,5);;4*1H2/q;;;+2;;;;/p+2. The van der Waals surface area contributed by atoms with Crippen molar-refractivity contribution in [2.75, 3.05) is 0 Å². The van der Waals surface area contributed by atoms with Gasteiger partial charge in [0.15, 0.2) is 0 Å². The summed E-state index contributed by atoms with van der Waals surface area (Å²) in [6.45, 7) is 0. The largest absolute Gasteiger partial charge is 2.00 e. The maximum Gasteiger partial charge on any atom is 2.00 e. The number of hydrogen-bond acceptors (Lipinski definition) is 8. The minimum Gasteiger partial charge on any atom is -0.744 e. The monoisotopic (exact) mass is 556 g/mol. The van der Waals surface area contributed by atoms with E-state index in [0.29, 0.717) is 0 Å². The zero-order valence-corrected chi connectivity index (χ0v) is 19.3. The molecule has 14 N–H and O–H groups in total. The van der Waals surface area contributed by atoms with Crippen LogP contribution < -0.4 is 0 Å². The molecule has 0 radical (unpaired) electrons. The van der Waals surface area contributed by atoms with Crippen LogP contribution in [0.3, 0.4) is 0 Å². The number of aromatic nitrogens is 4. The Morgan fingerprint density at radius 3 is 1.15 bits per heavy atom. The van der Waals surface area contributed by atoms with E-state index in [9.17, 15) is 25.9 Å². The first kappa shape index (κ1) is 37.6. The molecule has 0 aliphatic heterocycles. The van der Waals surface area contributed by atoms with Crippen molar-refractivity contribution in [1.82, 2.24) is 19.9 Å². The minimum atomic E-state index is -4.74. The summed E-state index contributed by atoms with van der Waals surface area (Å²) in [7, 11) is -9.48. The van der Waals surface area contributed by atoms with Gasteiger partial charge in [-0.15, -0.1) is 0 Å². The van der Waals surface area contributed by atoms with Crippen LogP contribution in [0.1, 0.15) is 0 Å². The first-order valence-corrected chi connectivity index (χ1v) is 10.3. The third-order valence-corrected chi connectivity index (χ3v) is 4.98. The van der Waals surface area contributed by atoms with Gasteiger partial charge < -0.3 is 41.0 Å². The van der Waals surface area contributed by atoms with Gasteiger partial charge >= 0.3 is 16.5 Å². The molecule has 2 aromatic heterocycles. The molecule has 2 aromatic carbocycles. The Labute approximate surface area is 198 Å². The van der Waals surface area contributed by atoms with Crippen LogP contribution in [-0.4, -0.2) is 45.9 Å². The number of fused-ring (bicyclic) bond motifs is 1. The van der Waals surface area contributed by atoms with Crippen LogP contribution in [0.5, 0.6) is 0 Å². The SMILES string of the molecule is O=S(=O)([O-])c1cccc2c(S(=O)(=O)[O-])cccc12.[Ni+2].[OH3+].[OH3+].[OH3+].[OH3+].c1c[nH]cn1.c1c[nH]cn1. The number of hydrogen-bond donors (Lipinski definition) is 2. The number of imidazole rings is 2. The van der Waals surface area contributed by atoms with E-state index in [4.69, 9.17) is 0 Å². The summed E-state index contributed by atoms with van der Waals surface area (Å²) in [5.74, 6) is 0. The van der Waals surface area contributed by atoms with Gasteiger partial charge in [-0.3, -0.25) is 0 Å². The van der Waals surface area contributed by atoms with E-state index >= 15 is 0 Å². The molecule has 2 heterocycles. The summed E-state index contributed by atoms with van der Waals surface area (Å²) in [4.78, 5) is 11.7. The Morgan fingerprint density at radius 1 is 0.636 bits per heavy atom. The van der Waals surface area contributed by atoms with E-state index in [1.165, 1.54) is 24.3 Å². The normalized spacial score (nSPS) is 9.39. The van der Waals surface area contributed by atoms with Crippen molar-refractivity contribution < 1.29 is 64.3 Å². The van der Waals surface area contributed by atoms with Gasteiger partial charge in [-0.25, -0.2) is 26.8 Å². The molecule has 0 fully saturated rings. The van der Waals surface area contributed by atoms with Crippen LogP contribution in [0.15, 0.2) is 83.6 Å². The molecule has 4 aromatic rings. The fourth-order valence-electron chi connectivity index (χ4n) is 2.12. The molecule has 0 aliphatic rings. The Bertz CT molecular complexity index is 1090. The fourth-order valence-corrected chi connectivity index (χ4v) is 3.50. The van der Waals surface area contributed by atoms with Gasteiger partial charge in [0.2, 0.25) is 0 Å². The van der Waals surface area contributed by atoms with Crippen molar-refractivity contribution in [3.05, 3.63) is 73.8 Å². The number of rotatable bonds is 2. The average Bonchev–Trinajstić information content (AvgIpc) is 3.36. The van der Waals surface area contributed by atoms with E-state index in [-0.39, 0.29) is 49.2 Å². The van der Waals surface area contributed by atoms with E-state index in [0.717, 1.165) is 12.1 Å². The van der Waals surface area contributed by atoms with Crippen molar-refractivity contribution in [3.63, 3.8) is 0 Å². The topological polar surface area (TPSA) is 304 Å². The summed E-state index contributed by atoms with van der Waals surface area (Å²) in [5.41, 5.74) is 0. The third-order valence-electron chi connectivity index (χ3n) is 3.19. The van der Waals surface area contributed by atoms with Crippen molar-refractivity contribution >= 4 is 31.0 Å². The number of nitrogens with one attached hydrogen (secondary N) is 2. The second-order valence-corrected chi connectivity index (χ2v) is 7.73. The molecule has 14 nitrogen and oxygen atoms in total. The van der Waals surface area contributed by atoms with E-state index in [1.54, 1.807) is 37.4 Å². The van der Waals surface area contributed by atoms with Gasteiger partial charge in [0.05, 0.1) is 22.4 Å². The van der Waals surface area contributed by atoms with Crippen molar-refractivity contribution in [2.45, 2.75) is 9.79 Å². The van der Waals surface area contributed by atoms with Gasteiger partial charge in [-0.1, -0.05) is 24.3 Å². The molecule has 0 atom stereocenters. The van der Waals surface area contributed by atoms with Gasteiger partial charge in [0.25, 0.3) is 0 Å². The summed E-state index contributed by atoms with van der Waals surface area (Å²) < 4.78 is 66.1.